The summed E-state index contributed by atoms with van der Waals surface area (Å²) in [4.78, 5) is 25.7. The number of carbonyl (C=O) groups is 2. The zero-order chi connectivity index (χ0) is 15.9. The Morgan fingerprint density at radius 3 is 2.59 bits per heavy atom. The molecule has 2 N–H and O–H groups in total. The summed E-state index contributed by atoms with van der Waals surface area (Å²) < 4.78 is 0. The van der Waals surface area contributed by atoms with Gasteiger partial charge in [-0.25, -0.2) is 0 Å². The summed E-state index contributed by atoms with van der Waals surface area (Å²) in [6, 6.07) is 5.98. The summed E-state index contributed by atoms with van der Waals surface area (Å²) in [5, 5.41) is 5.49. The predicted molar refractivity (Wildman–Crippen MR) is 88.2 cm³/mol. The number of amides is 2. The third kappa shape index (κ3) is 4.10. The summed E-state index contributed by atoms with van der Waals surface area (Å²) in [5.41, 5.74) is 2.76. The first-order chi connectivity index (χ1) is 10.6. The second-order valence-corrected chi connectivity index (χ2v) is 5.47. The molecule has 0 bridgehead atoms. The fraction of sp³-hybridized carbons (Fsp3) is 0.412. The third-order valence-corrected chi connectivity index (χ3v) is 3.74. The standard InChI is InChI=1S/C17H23N3O2/c1-3-16(21)18-8-9-19-17(22)14-12-13(2)6-7-15(14)20-10-4-5-11-20/h3,6-7,12H,1,4-5,8-11H2,2H3,(H,18,21)(H,19,22). The Morgan fingerprint density at radius 2 is 1.91 bits per heavy atom. The lowest BCUT2D eigenvalue weighted by molar-refractivity contribution is -0.116. The maximum absolute atomic E-state index is 12.4. The molecule has 0 unspecified atom stereocenters. The van der Waals surface area contributed by atoms with E-state index in [0.29, 0.717) is 18.7 Å². The van der Waals surface area contributed by atoms with Gasteiger partial charge in [0.25, 0.3) is 5.91 Å². The van der Waals surface area contributed by atoms with Gasteiger partial charge in [0.1, 0.15) is 0 Å². The van der Waals surface area contributed by atoms with Crippen LogP contribution >= 0.6 is 0 Å². The molecule has 1 aliphatic heterocycles. The number of carbonyl (C=O) groups excluding carboxylic acids is 2. The molecule has 1 heterocycles. The van der Waals surface area contributed by atoms with Crippen LogP contribution in [0, 0.1) is 6.92 Å². The molecular weight excluding hydrogens is 278 g/mol. The van der Waals surface area contributed by atoms with Crippen LogP contribution in [0.25, 0.3) is 0 Å². The van der Waals surface area contributed by atoms with Crippen molar-refractivity contribution in [3.63, 3.8) is 0 Å². The minimum absolute atomic E-state index is 0.0987. The molecule has 0 spiro atoms. The van der Waals surface area contributed by atoms with Crippen LogP contribution in [0.15, 0.2) is 30.9 Å². The maximum Gasteiger partial charge on any atom is 0.253 e. The molecule has 22 heavy (non-hydrogen) atoms. The monoisotopic (exact) mass is 301 g/mol. The number of nitrogens with one attached hydrogen (secondary N) is 2. The summed E-state index contributed by atoms with van der Waals surface area (Å²) in [5.74, 6) is -0.332. The zero-order valence-electron chi connectivity index (χ0n) is 13.0. The van der Waals surface area contributed by atoms with E-state index in [1.807, 2.05) is 25.1 Å². The zero-order valence-corrected chi connectivity index (χ0v) is 13.0. The lowest BCUT2D eigenvalue weighted by atomic mass is 10.1. The highest BCUT2D eigenvalue weighted by Gasteiger charge is 2.19. The van der Waals surface area contributed by atoms with Crippen LogP contribution in [0.1, 0.15) is 28.8 Å². The topological polar surface area (TPSA) is 61.4 Å². The number of aryl methyl sites for hydroxylation is 1. The summed E-state index contributed by atoms with van der Waals surface area (Å²) in [7, 11) is 0. The summed E-state index contributed by atoms with van der Waals surface area (Å²) in [6.07, 6.45) is 3.55. The highest BCUT2D eigenvalue weighted by Crippen LogP contribution is 2.25. The van der Waals surface area contributed by atoms with Crippen LogP contribution in [0.3, 0.4) is 0 Å². The Bertz CT molecular complexity index is 563. The van der Waals surface area contributed by atoms with Crippen molar-refractivity contribution >= 4 is 17.5 Å². The van der Waals surface area contributed by atoms with Gasteiger partial charge in [0, 0.05) is 31.9 Å². The maximum atomic E-state index is 12.4. The minimum atomic E-state index is -0.234. The normalized spacial score (nSPS) is 13.8. The molecule has 0 radical (unpaired) electrons. The van der Waals surface area contributed by atoms with E-state index >= 15 is 0 Å². The quantitative estimate of drug-likeness (QED) is 0.620. The van der Waals surface area contributed by atoms with Crippen molar-refractivity contribution in [2.24, 2.45) is 0 Å². The van der Waals surface area contributed by atoms with Gasteiger partial charge in [0.2, 0.25) is 5.91 Å². The number of hydrogen-bond acceptors (Lipinski definition) is 3. The van der Waals surface area contributed by atoms with Gasteiger partial charge in [-0.2, -0.15) is 0 Å². The van der Waals surface area contributed by atoms with Crippen LogP contribution in [0.5, 0.6) is 0 Å². The van der Waals surface area contributed by atoms with Gasteiger partial charge >= 0.3 is 0 Å². The first kappa shape index (κ1) is 16.1. The van der Waals surface area contributed by atoms with Crippen molar-refractivity contribution < 1.29 is 9.59 Å². The molecule has 0 aliphatic carbocycles. The molecule has 2 amide bonds. The highest BCUT2D eigenvalue weighted by atomic mass is 16.2. The van der Waals surface area contributed by atoms with E-state index in [-0.39, 0.29) is 11.8 Å². The summed E-state index contributed by atoms with van der Waals surface area (Å²) in [6.45, 7) is 8.15. The molecule has 1 saturated heterocycles. The lowest BCUT2D eigenvalue weighted by Gasteiger charge is -2.21. The smallest absolute Gasteiger partial charge is 0.253 e. The first-order valence-electron chi connectivity index (χ1n) is 7.66. The average Bonchev–Trinajstić information content (AvgIpc) is 3.05. The Labute approximate surface area is 131 Å². The van der Waals surface area contributed by atoms with Crippen molar-refractivity contribution in [2.75, 3.05) is 31.1 Å². The van der Waals surface area contributed by atoms with Gasteiger partial charge in [-0.15, -0.1) is 0 Å². The number of rotatable bonds is 6. The molecule has 5 nitrogen and oxygen atoms in total. The van der Waals surface area contributed by atoms with Crippen molar-refractivity contribution in [3.8, 4) is 0 Å². The van der Waals surface area contributed by atoms with E-state index in [1.165, 1.54) is 18.9 Å². The Kier molecular flexibility index (Phi) is 5.58. The minimum Gasteiger partial charge on any atom is -0.371 e. The predicted octanol–water partition coefficient (Wildman–Crippen LogP) is 1.63. The molecule has 0 saturated carbocycles. The van der Waals surface area contributed by atoms with Crippen LogP contribution < -0.4 is 15.5 Å². The molecule has 1 fully saturated rings. The SMILES string of the molecule is C=CC(=O)NCCNC(=O)c1cc(C)ccc1N1CCCC1. The van der Waals surface area contributed by atoms with Gasteiger partial charge in [0.05, 0.1) is 5.56 Å². The second-order valence-electron chi connectivity index (χ2n) is 5.47. The molecule has 5 heteroatoms. The summed E-state index contributed by atoms with van der Waals surface area (Å²) >= 11 is 0. The number of nitrogens with zero attached hydrogens (tertiary/aromatic N) is 1. The van der Waals surface area contributed by atoms with Crippen LogP contribution in [-0.4, -0.2) is 38.0 Å². The van der Waals surface area contributed by atoms with Gasteiger partial charge in [-0.3, -0.25) is 9.59 Å². The molecule has 1 aliphatic rings. The fourth-order valence-corrected chi connectivity index (χ4v) is 2.59. The Morgan fingerprint density at radius 1 is 1.23 bits per heavy atom. The van der Waals surface area contributed by atoms with Gasteiger partial charge in [0.15, 0.2) is 0 Å². The van der Waals surface area contributed by atoms with Gasteiger partial charge in [-0.1, -0.05) is 18.2 Å². The van der Waals surface area contributed by atoms with Gasteiger partial charge < -0.3 is 15.5 Å². The largest absolute Gasteiger partial charge is 0.371 e. The number of benzene rings is 1. The number of anilines is 1. The van der Waals surface area contributed by atoms with Crippen LogP contribution in [-0.2, 0) is 4.79 Å². The Balaban J connectivity index is 2.00. The van der Waals surface area contributed by atoms with E-state index in [4.69, 9.17) is 0 Å². The van der Waals surface area contributed by atoms with Crippen LogP contribution in [0.2, 0.25) is 0 Å². The number of hydrogen-bond donors (Lipinski definition) is 2. The van der Waals surface area contributed by atoms with Gasteiger partial charge in [-0.05, 0) is 38.0 Å². The fourth-order valence-electron chi connectivity index (χ4n) is 2.59. The molecule has 118 valence electrons. The molecule has 0 aromatic heterocycles. The second kappa shape index (κ2) is 7.64. The van der Waals surface area contributed by atoms with E-state index in [1.54, 1.807) is 0 Å². The van der Waals surface area contributed by atoms with Crippen molar-refractivity contribution in [1.29, 1.82) is 0 Å². The molecule has 1 aromatic carbocycles. The molecular formula is C17H23N3O2. The lowest BCUT2D eigenvalue weighted by Crippen LogP contribution is -2.34. The van der Waals surface area contributed by atoms with E-state index < -0.39 is 0 Å². The van der Waals surface area contributed by atoms with Crippen molar-refractivity contribution in [2.45, 2.75) is 19.8 Å². The van der Waals surface area contributed by atoms with E-state index in [9.17, 15) is 9.59 Å². The Hall–Kier alpha value is -2.30. The first-order valence-corrected chi connectivity index (χ1v) is 7.66. The molecule has 0 atom stereocenters. The average molecular weight is 301 g/mol. The van der Waals surface area contributed by atoms with E-state index in [0.717, 1.165) is 24.3 Å². The van der Waals surface area contributed by atoms with Crippen LogP contribution in [0.4, 0.5) is 5.69 Å². The molecule has 1 aromatic rings. The highest BCUT2D eigenvalue weighted by molar-refractivity contribution is 6.00. The van der Waals surface area contributed by atoms with Crippen molar-refractivity contribution in [1.82, 2.24) is 10.6 Å². The van der Waals surface area contributed by atoms with E-state index in [2.05, 4.69) is 22.1 Å². The third-order valence-electron chi connectivity index (χ3n) is 3.74. The van der Waals surface area contributed by atoms with Crippen molar-refractivity contribution in [3.05, 3.63) is 42.0 Å². The molecule has 2 rings (SSSR count).